The van der Waals surface area contributed by atoms with Gasteiger partial charge in [-0.2, -0.15) is 0 Å². The number of hydrogen-bond acceptors (Lipinski definition) is 4. The topological polar surface area (TPSA) is 28.2 Å². The second kappa shape index (κ2) is 6.12. The van der Waals surface area contributed by atoms with Gasteiger partial charge in [0.2, 0.25) is 0 Å². The Morgan fingerprint density at radius 1 is 1.42 bits per heavy atom. The number of aromatic nitrogens is 1. The van der Waals surface area contributed by atoms with Gasteiger partial charge in [0.15, 0.2) is 5.13 Å². The van der Waals surface area contributed by atoms with E-state index in [9.17, 15) is 4.39 Å². The molecular weight excluding hydrogens is 261 g/mol. The molecule has 5 heteroatoms. The molecule has 1 aromatic heterocycles. The van der Waals surface area contributed by atoms with Crippen molar-refractivity contribution in [1.29, 1.82) is 0 Å². The summed E-state index contributed by atoms with van der Waals surface area (Å²) in [7, 11) is 1.90. The van der Waals surface area contributed by atoms with Gasteiger partial charge in [-0.25, -0.2) is 9.37 Å². The Morgan fingerprint density at radius 3 is 2.79 bits per heavy atom. The molecule has 0 fully saturated rings. The van der Waals surface area contributed by atoms with Gasteiger partial charge >= 0.3 is 0 Å². The molecule has 0 amide bonds. The first-order valence-corrected chi connectivity index (χ1v) is 7.20. The van der Waals surface area contributed by atoms with Crippen molar-refractivity contribution >= 4 is 22.2 Å². The maximum atomic E-state index is 13.9. The molecule has 0 radical (unpaired) electrons. The molecule has 0 bridgehead atoms. The minimum atomic E-state index is -0.220. The Morgan fingerprint density at radius 2 is 2.16 bits per heavy atom. The molecule has 1 aromatic carbocycles. The van der Waals surface area contributed by atoms with E-state index < -0.39 is 0 Å². The van der Waals surface area contributed by atoms with Crippen molar-refractivity contribution in [2.24, 2.45) is 0 Å². The van der Waals surface area contributed by atoms with E-state index in [0.717, 1.165) is 10.8 Å². The molecule has 2 rings (SSSR count). The number of thiazole rings is 1. The van der Waals surface area contributed by atoms with Gasteiger partial charge in [-0.1, -0.05) is 12.1 Å². The van der Waals surface area contributed by atoms with Gasteiger partial charge in [-0.15, -0.1) is 11.3 Å². The highest BCUT2D eigenvalue weighted by Crippen LogP contribution is 2.31. The molecule has 1 heterocycles. The fraction of sp³-hybridized carbons (Fsp3) is 0.357. The second-order valence-corrected chi connectivity index (χ2v) is 5.10. The van der Waals surface area contributed by atoms with Crippen molar-refractivity contribution in [3.63, 3.8) is 0 Å². The van der Waals surface area contributed by atoms with Crippen molar-refractivity contribution in [3.8, 4) is 0 Å². The molecule has 3 nitrogen and oxygen atoms in total. The van der Waals surface area contributed by atoms with Gasteiger partial charge in [0, 0.05) is 18.0 Å². The van der Waals surface area contributed by atoms with Gasteiger partial charge in [0.25, 0.3) is 0 Å². The Labute approximate surface area is 117 Å². The number of nitrogens with zero attached hydrogens (tertiary/aromatic N) is 2. The number of para-hydroxylation sites is 1. The van der Waals surface area contributed by atoms with Crippen LogP contribution < -0.4 is 10.2 Å². The lowest BCUT2D eigenvalue weighted by Gasteiger charge is -2.20. The van der Waals surface area contributed by atoms with Crippen molar-refractivity contribution < 1.29 is 4.39 Å². The average molecular weight is 279 g/mol. The third-order valence-electron chi connectivity index (χ3n) is 3.08. The smallest absolute Gasteiger partial charge is 0.190 e. The monoisotopic (exact) mass is 279 g/mol. The zero-order valence-corrected chi connectivity index (χ0v) is 12.2. The molecule has 102 valence electrons. The number of anilines is 2. The fourth-order valence-electron chi connectivity index (χ4n) is 1.83. The lowest BCUT2D eigenvalue weighted by Crippen LogP contribution is -2.18. The highest BCUT2D eigenvalue weighted by Gasteiger charge is 2.16. The molecule has 0 aliphatic heterocycles. The first kappa shape index (κ1) is 14.0. The van der Waals surface area contributed by atoms with Gasteiger partial charge in [-0.05, 0) is 33.0 Å². The van der Waals surface area contributed by atoms with Crippen LogP contribution in [-0.4, -0.2) is 18.6 Å². The fourth-order valence-corrected chi connectivity index (χ4v) is 2.82. The van der Waals surface area contributed by atoms with E-state index in [1.54, 1.807) is 12.1 Å². The van der Waals surface area contributed by atoms with Crippen LogP contribution in [0, 0.1) is 5.82 Å². The van der Waals surface area contributed by atoms with Gasteiger partial charge in [-0.3, -0.25) is 0 Å². The maximum Gasteiger partial charge on any atom is 0.190 e. The summed E-state index contributed by atoms with van der Waals surface area (Å²) in [4.78, 5) is 6.48. The van der Waals surface area contributed by atoms with Crippen LogP contribution in [0.25, 0.3) is 0 Å². The molecule has 2 aromatic rings. The zero-order chi connectivity index (χ0) is 13.8. The lowest BCUT2D eigenvalue weighted by molar-refractivity contribution is 0.624. The second-order valence-electron chi connectivity index (χ2n) is 4.26. The molecule has 0 saturated carbocycles. The molecule has 0 aliphatic carbocycles. The largest absolute Gasteiger partial charge is 0.315 e. The maximum absolute atomic E-state index is 13.9. The van der Waals surface area contributed by atoms with Crippen LogP contribution in [0.1, 0.15) is 25.6 Å². The third-order valence-corrected chi connectivity index (χ3v) is 3.96. The summed E-state index contributed by atoms with van der Waals surface area (Å²) < 4.78 is 13.9. The molecule has 0 spiro atoms. The van der Waals surface area contributed by atoms with Crippen LogP contribution in [0.4, 0.5) is 15.2 Å². The first-order valence-electron chi connectivity index (χ1n) is 6.32. The lowest BCUT2D eigenvalue weighted by atomic mass is 10.2. The van der Waals surface area contributed by atoms with Crippen LogP contribution in [-0.2, 0) is 0 Å². The van der Waals surface area contributed by atoms with E-state index in [2.05, 4.69) is 17.2 Å². The summed E-state index contributed by atoms with van der Waals surface area (Å²) in [5.41, 5.74) is 1.56. The van der Waals surface area contributed by atoms with Crippen LogP contribution in [0.15, 0.2) is 29.6 Å². The van der Waals surface area contributed by atoms with Crippen LogP contribution in [0.3, 0.4) is 0 Å². The predicted molar refractivity (Wildman–Crippen MR) is 78.7 cm³/mol. The number of hydrogen-bond donors (Lipinski definition) is 1. The van der Waals surface area contributed by atoms with Crippen LogP contribution >= 0.6 is 11.3 Å². The van der Waals surface area contributed by atoms with Crippen LogP contribution in [0.5, 0.6) is 0 Å². The highest BCUT2D eigenvalue weighted by molar-refractivity contribution is 7.13. The van der Waals surface area contributed by atoms with Gasteiger partial charge in [0.1, 0.15) is 5.82 Å². The Balaban J connectivity index is 2.32. The van der Waals surface area contributed by atoms with Gasteiger partial charge < -0.3 is 10.2 Å². The van der Waals surface area contributed by atoms with E-state index >= 15 is 0 Å². The summed E-state index contributed by atoms with van der Waals surface area (Å²) in [5.74, 6) is -0.220. The van der Waals surface area contributed by atoms with E-state index in [-0.39, 0.29) is 11.9 Å². The molecule has 1 unspecified atom stereocenters. The van der Waals surface area contributed by atoms with E-state index in [4.69, 9.17) is 0 Å². The molecule has 1 N–H and O–H groups in total. The zero-order valence-electron chi connectivity index (χ0n) is 11.4. The highest BCUT2D eigenvalue weighted by atomic mass is 32.1. The summed E-state index contributed by atoms with van der Waals surface area (Å²) in [6.07, 6.45) is 0. The summed E-state index contributed by atoms with van der Waals surface area (Å²) in [6.45, 7) is 4.73. The van der Waals surface area contributed by atoms with E-state index in [1.165, 1.54) is 17.4 Å². The van der Waals surface area contributed by atoms with Crippen molar-refractivity contribution in [2.45, 2.75) is 19.9 Å². The normalized spacial score (nSPS) is 12.4. The van der Waals surface area contributed by atoms with E-state index in [1.807, 2.05) is 30.3 Å². The molecular formula is C14H18FN3S. The van der Waals surface area contributed by atoms with Crippen molar-refractivity contribution in [3.05, 3.63) is 41.2 Å². The van der Waals surface area contributed by atoms with Crippen molar-refractivity contribution in [1.82, 2.24) is 10.3 Å². The molecule has 0 saturated heterocycles. The average Bonchev–Trinajstić information content (AvgIpc) is 2.90. The van der Waals surface area contributed by atoms with Crippen molar-refractivity contribution in [2.75, 3.05) is 18.5 Å². The predicted octanol–water partition coefficient (Wildman–Crippen LogP) is 3.72. The number of rotatable bonds is 5. The number of benzene rings is 1. The first-order chi connectivity index (χ1) is 9.17. The Bertz CT molecular complexity index is 541. The minimum absolute atomic E-state index is 0.198. The summed E-state index contributed by atoms with van der Waals surface area (Å²) in [5, 5.41) is 5.99. The minimum Gasteiger partial charge on any atom is -0.315 e. The molecule has 1 atom stereocenters. The summed E-state index contributed by atoms with van der Waals surface area (Å²) >= 11 is 1.54. The van der Waals surface area contributed by atoms with Gasteiger partial charge in [0.05, 0.1) is 11.4 Å². The Hall–Kier alpha value is -1.46. The number of halogens is 1. The third kappa shape index (κ3) is 2.93. The quantitative estimate of drug-likeness (QED) is 0.904. The molecule has 0 aliphatic rings. The van der Waals surface area contributed by atoms with E-state index in [0.29, 0.717) is 12.2 Å². The summed E-state index contributed by atoms with van der Waals surface area (Å²) in [6, 6.07) is 6.99. The Kier molecular flexibility index (Phi) is 4.50. The molecule has 19 heavy (non-hydrogen) atoms. The standard InChI is InChI=1S/C14H18FN3S/c1-4-18(13-8-6-5-7-11(13)15)14-17-12(9-19-14)10(2)16-3/h5-10,16H,4H2,1-3H3. The number of nitrogens with one attached hydrogen (secondary N) is 1. The SMILES string of the molecule is CCN(c1nc(C(C)NC)cs1)c1ccccc1F. The van der Waals surface area contributed by atoms with Crippen LogP contribution in [0.2, 0.25) is 0 Å².